The first-order valence-electron chi connectivity index (χ1n) is 5.12. The van der Waals surface area contributed by atoms with Gasteiger partial charge in [0.05, 0.1) is 0 Å². The highest BCUT2D eigenvalue weighted by atomic mass is 32.2. The molecular formula is C10H14N4OS. The summed E-state index contributed by atoms with van der Waals surface area (Å²) in [6.45, 7) is 4.11. The largest absolute Gasteiger partial charge is 0.396 e. The van der Waals surface area contributed by atoms with E-state index in [0.717, 1.165) is 22.3 Å². The highest BCUT2D eigenvalue weighted by Gasteiger charge is 2.09. The lowest BCUT2D eigenvalue weighted by Gasteiger charge is -2.06. The summed E-state index contributed by atoms with van der Waals surface area (Å²) in [6.07, 6.45) is 3.60. The van der Waals surface area contributed by atoms with Gasteiger partial charge in [0.25, 0.3) is 0 Å². The summed E-state index contributed by atoms with van der Waals surface area (Å²) in [4.78, 5) is 4.28. The van der Waals surface area contributed by atoms with Gasteiger partial charge in [-0.2, -0.15) is 0 Å². The molecule has 0 aromatic carbocycles. The van der Waals surface area contributed by atoms with Crippen molar-refractivity contribution in [2.45, 2.75) is 18.9 Å². The second-order valence-corrected chi connectivity index (χ2v) is 4.78. The van der Waals surface area contributed by atoms with Gasteiger partial charge in [-0.25, -0.2) is 4.98 Å². The van der Waals surface area contributed by atoms with Gasteiger partial charge in [0, 0.05) is 24.8 Å². The van der Waals surface area contributed by atoms with Crippen molar-refractivity contribution in [2.75, 3.05) is 12.4 Å². The summed E-state index contributed by atoms with van der Waals surface area (Å²) >= 11 is 1.60. The van der Waals surface area contributed by atoms with Crippen molar-refractivity contribution in [3.8, 4) is 0 Å². The van der Waals surface area contributed by atoms with Crippen LogP contribution in [0.25, 0.3) is 5.65 Å². The molecule has 2 heterocycles. The molecule has 0 saturated carbocycles. The van der Waals surface area contributed by atoms with Crippen LogP contribution in [0.4, 0.5) is 0 Å². The first kappa shape index (κ1) is 11.3. The zero-order chi connectivity index (χ0) is 11.5. The topological polar surface area (TPSA) is 63.3 Å². The smallest absolute Gasteiger partial charge is 0.193 e. The van der Waals surface area contributed by atoms with Gasteiger partial charge < -0.3 is 5.11 Å². The molecule has 0 spiro atoms. The van der Waals surface area contributed by atoms with Crippen LogP contribution >= 0.6 is 11.8 Å². The molecule has 0 amide bonds. The van der Waals surface area contributed by atoms with E-state index in [1.54, 1.807) is 18.0 Å². The lowest BCUT2D eigenvalue weighted by molar-refractivity contribution is 0.250. The molecule has 2 rings (SSSR count). The number of fused-ring (bicyclic) bond motifs is 1. The third-order valence-corrected chi connectivity index (χ3v) is 3.58. The van der Waals surface area contributed by atoms with Crippen molar-refractivity contribution in [1.29, 1.82) is 0 Å². The van der Waals surface area contributed by atoms with E-state index in [1.807, 2.05) is 24.4 Å². The highest BCUT2D eigenvalue weighted by molar-refractivity contribution is 7.99. The number of aliphatic hydroxyl groups excluding tert-OH is 1. The van der Waals surface area contributed by atoms with Gasteiger partial charge in [-0.1, -0.05) is 6.92 Å². The van der Waals surface area contributed by atoms with Crippen LogP contribution in [0.3, 0.4) is 0 Å². The van der Waals surface area contributed by atoms with E-state index >= 15 is 0 Å². The fourth-order valence-electron chi connectivity index (χ4n) is 1.29. The Morgan fingerprint density at radius 1 is 1.50 bits per heavy atom. The van der Waals surface area contributed by atoms with Crippen LogP contribution in [0.5, 0.6) is 0 Å². The van der Waals surface area contributed by atoms with Gasteiger partial charge in [-0.3, -0.25) is 4.40 Å². The number of hydrogen-bond acceptors (Lipinski definition) is 5. The molecule has 16 heavy (non-hydrogen) atoms. The molecule has 0 saturated heterocycles. The minimum Gasteiger partial charge on any atom is -0.396 e. The minimum absolute atomic E-state index is 0.196. The Labute approximate surface area is 97.9 Å². The molecule has 1 atom stereocenters. The first-order chi connectivity index (χ1) is 7.72. The van der Waals surface area contributed by atoms with Gasteiger partial charge in [-0.15, -0.1) is 22.0 Å². The molecule has 6 heteroatoms. The summed E-state index contributed by atoms with van der Waals surface area (Å²) in [6, 6.07) is 0. The zero-order valence-corrected chi connectivity index (χ0v) is 10.1. The van der Waals surface area contributed by atoms with E-state index in [2.05, 4.69) is 15.2 Å². The number of thioether (sulfide) groups is 1. The number of aliphatic hydroxyl groups is 1. The van der Waals surface area contributed by atoms with Crippen molar-refractivity contribution in [3.05, 3.63) is 18.2 Å². The van der Waals surface area contributed by atoms with E-state index < -0.39 is 0 Å². The average Bonchev–Trinajstić information content (AvgIpc) is 2.69. The van der Waals surface area contributed by atoms with Gasteiger partial charge in [0.15, 0.2) is 5.65 Å². The summed E-state index contributed by atoms with van der Waals surface area (Å²) in [5.74, 6) is 1.94. The van der Waals surface area contributed by atoms with E-state index in [4.69, 9.17) is 5.11 Å². The van der Waals surface area contributed by atoms with E-state index in [-0.39, 0.29) is 12.5 Å². The normalized spacial score (nSPS) is 13.2. The fourth-order valence-corrected chi connectivity index (χ4v) is 2.25. The van der Waals surface area contributed by atoms with Gasteiger partial charge in [0.2, 0.25) is 0 Å². The molecule has 0 aliphatic heterocycles. The van der Waals surface area contributed by atoms with Crippen molar-refractivity contribution < 1.29 is 5.11 Å². The molecular weight excluding hydrogens is 224 g/mol. The van der Waals surface area contributed by atoms with Gasteiger partial charge in [0.1, 0.15) is 10.9 Å². The number of aryl methyl sites for hydroxylation is 1. The van der Waals surface area contributed by atoms with Crippen LogP contribution in [0, 0.1) is 12.8 Å². The molecule has 0 bridgehead atoms. The third-order valence-electron chi connectivity index (χ3n) is 2.28. The molecule has 2 aromatic rings. The van der Waals surface area contributed by atoms with Crippen LogP contribution in [0.2, 0.25) is 0 Å². The monoisotopic (exact) mass is 238 g/mol. The first-order valence-corrected chi connectivity index (χ1v) is 6.11. The Kier molecular flexibility index (Phi) is 3.40. The van der Waals surface area contributed by atoms with E-state index in [9.17, 15) is 0 Å². The van der Waals surface area contributed by atoms with Crippen LogP contribution in [-0.4, -0.2) is 37.0 Å². The Hall–Kier alpha value is -1.14. The van der Waals surface area contributed by atoms with Gasteiger partial charge in [-0.05, 0) is 12.8 Å². The van der Waals surface area contributed by atoms with Crippen LogP contribution in [0.15, 0.2) is 17.4 Å². The van der Waals surface area contributed by atoms with Crippen molar-refractivity contribution >= 4 is 17.4 Å². The summed E-state index contributed by atoms with van der Waals surface area (Å²) in [7, 11) is 0. The lowest BCUT2D eigenvalue weighted by atomic mass is 10.2. The predicted molar refractivity (Wildman–Crippen MR) is 62.5 cm³/mol. The standard InChI is InChI=1S/C10H14N4OS/c1-7(5-15)6-16-10-9-13-12-8(2)14(9)4-3-11-10/h3-4,7,15H,5-6H2,1-2H3. The predicted octanol–water partition coefficient (Wildman–Crippen LogP) is 1.15. The second-order valence-electron chi connectivity index (χ2n) is 3.77. The molecule has 0 aliphatic rings. The molecule has 2 aromatic heterocycles. The zero-order valence-electron chi connectivity index (χ0n) is 9.29. The highest BCUT2D eigenvalue weighted by Crippen LogP contribution is 2.22. The summed E-state index contributed by atoms with van der Waals surface area (Å²) in [5, 5.41) is 17.9. The molecule has 86 valence electrons. The second kappa shape index (κ2) is 4.80. The third kappa shape index (κ3) is 2.17. The maximum atomic E-state index is 8.96. The van der Waals surface area contributed by atoms with Gasteiger partial charge >= 0.3 is 0 Å². The van der Waals surface area contributed by atoms with Crippen LogP contribution in [-0.2, 0) is 0 Å². The Morgan fingerprint density at radius 3 is 3.06 bits per heavy atom. The fraction of sp³-hybridized carbons (Fsp3) is 0.500. The quantitative estimate of drug-likeness (QED) is 0.810. The number of hydrogen-bond donors (Lipinski definition) is 1. The number of rotatable bonds is 4. The molecule has 5 nitrogen and oxygen atoms in total. The lowest BCUT2D eigenvalue weighted by Crippen LogP contribution is -2.04. The van der Waals surface area contributed by atoms with E-state index in [0.29, 0.717) is 0 Å². The van der Waals surface area contributed by atoms with Crippen LogP contribution in [0.1, 0.15) is 12.7 Å². The molecule has 0 fully saturated rings. The van der Waals surface area contributed by atoms with Crippen LogP contribution < -0.4 is 0 Å². The van der Waals surface area contributed by atoms with Crippen molar-refractivity contribution in [2.24, 2.45) is 5.92 Å². The SMILES string of the molecule is Cc1nnc2c(SCC(C)CO)nccn12. The molecule has 1 N–H and O–H groups in total. The molecule has 1 unspecified atom stereocenters. The van der Waals surface area contributed by atoms with Crippen molar-refractivity contribution in [1.82, 2.24) is 19.6 Å². The maximum Gasteiger partial charge on any atom is 0.193 e. The maximum absolute atomic E-state index is 8.96. The summed E-state index contributed by atoms with van der Waals surface area (Å²) < 4.78 is 1.92. The van der Waals surface area contributed by atoms with Crippen molar-refractivity contribution in [3.63, 3.8) is 0 Å². The Bertz CT molecular complexity index is 485. The average molecular weight is 238 g/mol. The Morgan fingerprint density at radius 2 is 2.31 bits per heavy atom. The molecule has 0 aliphatic carbocycles. The van der Waals surface area contributed by atoms with E-state index in [1.165, 1.54) is 0 Å². The summed E-state index contributed by atoms with van der Waals surface area (Å²) in [5.41, 5.74) is 0.787. The number of nitrogens with zero attached hydrogens (tertiary/aromatic N) is 4. The number of aromatic nitrogens is 4. The Balaban J connectivity index is 2.24. The minimum atomic E-state index is 0.196. The molecule has 0 radical (unpaired) electrons.